The Bertz CT molecular complexity index is 270. The first-order chi connectivity index (χ1) is 4.71. The summed E-state index contributed by atoms with van der Waals surface area (Å²) in [5.41, 5.74) is 0. The molecule has 0 aliphatic heterocycles. The predicted molar refractivity (Wildman–Crippen MR) is 34.4 cm³/mol. The van der Waals surface area contributed by atoms with E-state index in [0.717, 1.165) is 0 Å². The monoisotopic (exact) mass is 208 g/mol. The Morgan fingerprint density at radius 3 is 1.27 bits per heavy atom. The molecule has 0 N–H and O–H groups in total. The van der Waals surface area contributed by atoms with Gasteiger partial charge in [0.15, 0.2) is 0 Å². The first-order valence-corrected chi connectivity index (χ1v) is 5.66. The van der Waals surface area contributed by atoms with Gasteiger partial charge in [0.1, 0.15) is 0 Å². The molecule has 0 fully saturated rings. The summed E-state index contributed by atoms with van der Waals surface area (Å²) >= 11 is 0. The summed E-state index contributed by atoms with van der Waals surface area (Å²) in [4.78, 5) is 0. The van der Waals surface area contributed by atoms with Crippen LogP contribution in [0.15, 0.2) is 0 Å². The second-order valence-corrected chi connectivity index (χ2v) is 4.81. The highest BCUT2D eigenvalue weighted by atomic mass is 32.3. The van der Waals surface area contributed by atoms with Gasteiger partial charge in [-0.1, -0.05) is 0 Å². The predicted octanol–water partition coefficient (Wildman–Crippen LogP) is -0.0249. The third-order valence-electron chi connectivity index (χ3n) is 0.776. The lowest BCUT2D eigenvalue weighted by Gasteiger charge is -1.91. The van der Waals surface area contributed by atoms with Crippen molar-refractivity contribution < 1.29 is 24.6 Å². The van der Waals surface area contributed by atoms with Crippen LogP contribution in [0.3, 0.4) is 0 Å². The van der Waals surface area contributed by atoms with Crippen molar-refractivity contribution in [3.05, 3.63) is 0 Å². The van der Waals surface area contributed by atoms with Gasteiger partial charge >= 0.3 is 20.4 Å². The van der Waals surface area contributed by atoms with Crippen molar-refractivity contribution in [3.63, 3.8) is 0 Å². The second-order valence-electron chi connectivity index (χ2n) is 1.84. The van der Waals surface area contributed by atoms with Crippen LogP contribution in [0.1, 0.15) is 6.42 Å². The normalized spacial score (nSPS) is 13.3. The molecule has 68 valence electrons. The van der Waals surface area contributed by atoms with Crippen LogP contribution < -0.4 is 0 Å². The van der Waals surface area contributed by atoms with Crippen LogP contribution in [0.5, 0.6) is 0 Å². The Kier molecular flexibility index (Phi) is 3.36. The molecule has 0 aliphatic rings. The molecule has 4 nitrogen and oxygen atoms in total. The smallest absolute Gasteiger partial charge is 0.195 e. The van der Waals surface area contributed by atoms with Gasteiger partial charge in [0.2, 0.25) is 0 Å². The maximum absolute atomic E-state index is 11.6. The molecule has 0 rings (SSSR count). The summed E-state index contributed by atoms with van der Waals surface area (Å²) in [5, 5.41) is 0. The van der Waals surface area contributed by atoms with Crippen molar-refractivity contribution >= 4 is 20.4 Å². The SMILES string of the molecule is O=S(=O)(F)CCCS(=O)(=O)F. The van der Waals surface area contributed by atoms with Crippen molar-refractivity contribution in [2.24, 2.45) is 0 Å². The fraction of sp³-hybridized carbons (Fsp3) is 1.00. The number of hydrogen-bond donors (Lipinski definition) is 0. The summed E-state index contributed by atoms with van der Waals surface area (Å²) in [6.07, 6.45) is -0.558. The van der Waals surface area contributed by atoms with E-state index in [1.54, 1.807) is 0 Å². The third kappa shape index (κ3) is 9.76. The summed E-state index contributed by atoms with van der Waals surface area (Å²) in [7, 11) is -9.36. The topological polar surface area (TPSA) is 68.3 Å². The third-order valence-corrected chi connectivity index (χ3v) is 2.33. The van der Waals surface area contributed by atoms with Gasteiger partial charge in [0.25, 0.3) is 0 Å². The molecular weight excluding hydrogens is 202 g/mol. The lowest BCUT2D eigenvalue weighted by molar-refractivity contribution is 0.545. The molecule has 0 saturated heterocycles. The van der Waals surface area contributed by atoms with E-state index in [0.29, 0.717) is 0 Å². The molecule has 0 atom stereocenters. The number of halogens is 2. The van der Waals surface area contributed by atoms with Gasteiger partial charge in [-0.3, -0.25) is 0 Å². The molecule has 11 heavy (non-hydrogen) atoms. The lowest BCUT2D eigenvalue weighted by Crippen LogP contribution is -2.05. The average Bonchev–Trinajstić information content (AvgIpc) is 1.55. The van der Waals surface area contributed by atoms with Crippen molar-refractivity contribution in [1.82, 2.24) is 0 Å². The molecule has 8 heteroatoms. The summed E-state index contributed by atoms with van der Waals surface area (Å²) < 4.78 is 62.2. The maximum Gasteiger partial charge on any atom is 0.302 e. The van der Waals surface area contributed by atoms with Gasteiger partial charge in [-0.25, -0.2) is 0 Å². The van der Waals surface area contributed by atoms with Gasteiger partial charge in [0.05, 0.1) is 11.5 Å². The summed E-state index contributed by atoms with van der Waals surface area (Å²) in [6, 6.07) is 0. The van der Waals surface area contributed by atoms with E-state index >= 15 is 0 Å². The summed E-state index contributed by atoms with van der Waals surface area (Å²) in [6.45, 7) is 0. The van der Waals surface area contributed by atoms with Crippen molar-refractivity contribution in [3.8, 4) is 0 Å². The molecule has 0 aromatic carbocycles. The van der Waals surface area contributed by atoms with E-state index < -0.39 is 38.4 Å². The van der Waals surface area contributed by atoms with Crippen LogP contribution in [-0.2, 0) is 20.4 Å². The fourth-order valence-electron chi connectivity index (χ4n) is 0.404. The van der Waals surface area contributed by atoms with Crippen LogP contribution in [0.4, 0.5) is 7.77 Å². The van der Waals surface area contributed by atoms with Gasteiger partial charge in [0, 0.05) is 0 Å². The van der Waals surface area contributed by atoms with Gasteiger partial charge in [-0.05, 0) is 6.42 Å². The molecule has 0 bridgehead atoms. The van der Waals surface area contributed by atoms with E-state index in [2.05, 4.69) is 0 Å². The molecule has 0 aliphatic carbocycles. The Hall–Kier alpha value is -0.240. The molecule has 0 saturated carbocycles. The Morgan fingerprint density at radius 1 is 0.818 bits per heavy atom. The largest absolute Gasteiger partial charge is 0.302 e. The van der Waals surface area contributed by atoms with E-state index in [4.69, 9.17) is 0 Å². The molecule has 0 aromatic rings. The van der Waals surface area contributed by atoms with E-state index in [1.165, 1.54) is 0 Å². The van der Waals surface area contributed by atoms with Crippen LogP contribution in [-0.4, -0.2) is 28.3 Å². The van der Waals surface area contributed by atoms with Crippen LogP contribution >= 0.6 is 0 Å². The number of rotatable bonds is 4. The quantitative estimate of drug-likeness (QED) is 0.608. The first-order valence-electron chi connectivity index (χ1n) is 2.55. The molecule has 0 aromatic heterocycles. The maximum atomic E-state index is 11.6. The first kappa shape index (κ1) is 10.8. The van der Waals surface area contributed by atoms with Crippen LogP contribution in [0, 0.1) is 0 Å². The zero-order valence-corrected chi connectivity index (χ0v) is 6.96. The average molecular weight is 208 g/mol. The minimum atomic E-state index is -4.68. The van der Waals surface area contributed by atoms with Gasteiger partial charge in [-0.2, -0.15) is 16.8 Å². The molecule has 0 amide bonds. The van der Waals surface area contributed by atoms with Crippen molar-refractivity contribution in [1.29, 1.82) is 0 Å². The van der Waals surface area contributed by atoms with E-state index in [9.17, 15) is 24.6 Å². The van der Waals surface area contributed by atoms with E-state index in [-0.39, 0.29) is 0 Å². The van der Waals surface area contributed by atoms with E-state index in [1.807, 2.05) is 0 Å². The zero-order valence-electron chi connectivity index (χ0n) is 5.33. The van der Waals surface area contributed by atoms with Crippen LogP contribution in [0.2, 0.25) is 0 Å². The van der Waals surface area contributed by atoms with Crippen molar-refractivity contribution in [2.75, 3.05) is 11.5 Å². The molecule has 0 spiro atoms. The Balaban J connectivity index is 3.79. The zero-order chi connectivity index (χ0) is 9.12. The standard InChI is InChI=1S/C3H6F2O4S2/c4-10(6,7)2-1-3-11(5,8)9/h1-3H2. The van der Waals surface area contributed by atoms with Crippen LogP contribution in [0.25, 0.3) is 0 Å². The Morgan fingerprint density at radius 2 is 1.09 bits per heavy atom. The highest BCUT2D eigenvalue weighted by Gasteiger charge is 2.11. The fourth-order valence-corrected chi connectivity index (χ4v) is 1.56. The van der Waals surface area contributed by atoms with Crippen molar-refractivity contribution in [2.45, 2.75) is 6.42 Å². The minimum Gasteiger partial charge on any atom is -0.195 e. The Labute approximate surface area is 63.6 Å². The molecule has 0 radical (unpaired) electrons. The van der Waals surface area contributed by atoms with Gasteiger partial charge in [-0.15, -0.1) is 7.77 Å². The molecule has 0 unspecified atom stereocenters. The highest BCUT2D eigenvalue weighted by molar-refractivity contribution is 7.87. The number of hydrogen-bond acceptors (Lipinski definition) is 4. The summed E-state index contributed by atoms with van der Waals surface area (Å²) in [5.74, 6) is -1.92. The molecule has 0 heterocycles. The molecular formula is C3H6F2O4S2. The van der Waals surface area contributed by atoms with Gasteiger partial charge < -0.3 is 0 Å². The minimum absolute atomic E-state index is 0.558. The lowest BCUT2D eigenvalue weighted by atomic mass is 10.6. The highest BCUT2D eigenvalue weighted by Crippen LogP contribution is 1.99. The second kappa shape index (κ2) is 3.44.